The summed E-state index contributed by atoms with van der Waals surface area (Å²) in [5.74, 6) is -0.816. The molecule has 1 saturated heterocycles. The molecule has 2 rings (SSSR count). The highest BCUT2D eigenvalue weighted by molar-refractivity contribution is 7.89. The Bertz CT molecular complexity index is 527. The number of nitrogens with two attached hydrogens (primary N) is 1. The molecule has 1 aromatic carbocycles. The lowest BCUT2D eigenvalue weighted by Crippen LogP contribution is -2.32. The zero-order valence-corrected chi connectivity index (χ0v) is 10.5. The molecule has 7 heteroatoms. The lowest BCUT2D eigenvalue weighted by atomic mass is 10.2. The Kier molecular flexibility index (Phi) is 3.84. The van der Waals surface area contributed by atoms with Gasteiger partial charge in [0.15, 0.2) is 0 Å². The van der Waals surface area contributed by atoms with Crippen LogP contribution in [0.4, 0.5) is 10.1 Å². The minimum Gasteiger partial charge on any atom is -0.399 e. The standard InChI is InChI=1S/C11H15FN2O3S/c12-10-4-3-8(13)6-11(10)18(15,16)14-7-9-2-1-5-17-9/h3-4,6,9,14H,1-2,5,7,13H2. The van der Waals surface area contributed by atoms with E-state index in [4.69, 9.17) is 10.5 Å². The molecule has 3 N–H and O–H groups in total. The van der Waals surface area contributed by atoms with E-state index in [2.05, 4.69) is 4.72 Å². The van der Waals surface area contributed by atoms with Crippen molar-refractivity contribution in [2.24, 2.45) is 0 Å². The highest BCUT2D eigenvalue weighted by Crippen LogP contribution is 2.18. The zero-order chi connectivity index (χ0) is 13.2. The van der Waals surface area contributed by atoms with Crippen molar-refractivity contribution >= 4 is 15.7 Å². The van der Waals surface area contributed by atoms with Crippen molar-refractivity contribution in [3.05, 3.63) is 24.0 Å². The first-order valence-corrected chi connectivity index (χ1v) is 7.13. The summed E-state index contributed by atoms with van der Waals surface area (Å²) in [7, 11) is -3.89. The van der Waals surface area contributed by atoms with E-state index >= 15 is 0 Å². The van der Waals surface area contributed by atoms with Gasteiger partial charge in [0, 0.05) is 18.8 Å². The van der Waals surface area contributed by atoms with Gasteiger partial charge in [-0.15, -0.1) is 0 Å². The summed E-state index contributed by atoms with van der Waals surface area (Å²) < 4.78 is 44.9. The summed E-state index contributed by atoms with van der Waals surface area (Å²) in [4.78, 5) is -0.430. The van der Waals surface area contributed by atoms with Crippen LogP contribution in [0.15, 0.2) is 23.1 Å². The van der Waals surface area contributed by atoms with Crippen LogP contribution in [0.1, 0.15) is 12.8 Å². The SMILES string of the molecule is Nc1ccc(F)c(S(=O)(=O)NCC2CCCO2)c1. The van der Waals surface area contributed by atoms with Gasteiger partial charge in [-0.1, -0.05) is 0 Å². The Morgan fingerprint density at radius 3 is 2.94 bits per heavy atom. The third kappa shape index (κ3) is 2.98. The van der Waals surface area contributed by atoms with E-state index in [1.54, 1.807) is 0 Å². The van der Waals surface area contributed by atoms with E-state index in [1.807, 2.05) is 0 Å². The van der Waals surface area contributed by atoms with Crippen molar-refractivity contribution in [2.75, 3.05) is 18.9 Å². The number of anilines is 1. The van der Waals surface area contributed by atoms with E-state index in [0.29, 0.717) is 6.61 Å². The molecular formula is C11H15FN2O3S. The van der Waals surface area contributed by atoms with Crippen LogP contribution in [-0.2, 0) is 14.8 Å². The fourth-order valence-corrected chi connectivity index (χ4v) is 2.99. The first kappa shape index (κ1) is 13.3. The number of hydrogen-bond acceptors (Lipinski definition) is 4. The van der Waals surface area contributed by atoms with Gasteiger partial charge in [-0.25, -0.2) is 17.5 Å². The van der Waals surface area contributed by atoms with Gasteiger partial charge in [0.1, 0.15) is 10.7 Å². The van der Waals surface area contributed by atoms with E-state index in [0.717, 1.165) is 25.0 Å². The van der Waals surface area contributed by atoms with Crippen LogP contribution in [0.5, 0.6) is 0 Å². The van der Waals surface area contributed by atoms with Gasteiger partial charge in [-0.2, -0.15) is 0 Å². The number of sulfonamides is 1. The van der Waals surface area contributed by atoms with Crippen molar-refractivity contribution in [3.8, 4) is 0 Å². The largest absolute Gasteiger partial charge is 0.399 e. The molecule has 1 unspecified atom stereocenters. The molecule has 0 aliphatic carbocycles. The molecule has 18 heavy (non-hydrogen) atoms. The third-order valence-corrected chi connectivity index (χ3v) is 4.21. The maximum Gasteiger partial charge on any atom is 0.243 e. The first-order valence-electron chi connectivity index (χ1n) is 5.65. The number of benzene rings is 1. The topological polar surface area (TPSA) is 81.4 Å². The summed E-state index contributed by atoms with van der Waals surface area (Å²) in [6, 6.07) is 3.46. The highest BCUT2D eigenvalue weighted by atomic mass is 32.2. The van der Waals surface area contributed by atoms with Gasteiger partial charge in [0.2, 0.25) is 10.0 Å². The van der Waals surface area contributed by atoms with E-state index in [9.17, 15) is 12.8 Å². The molecule has 100 valence electrons. The van der Waals surface area contributed by atoms with E-state index < -0.39 is 20.7 Å². The van der Waals surface area contributed by atoms with Crippen LogP contribution in [0, 0.1) is 5.82 Å². The van der Waals surface area contributed by atoms with Gasteiger partial charge >= 0.3 is 0 Å². The van der Waals surface area contributed by atoms with Gasteiger partial charge in [0.05, 0.1) is 6.10 Å². The lowest BCUT2D eigenvalue weighted by molar-refractivity contribution is 0.114. The molecule has 1 heterocycles. The average molecular weight is 274 g/mol. The molecule has 0 amide bonds. The molecule has 0 radical (unpaired) electrons. The molecule has 1 atom stereocenters. The number of nitrogen functional groups attached to an aromatic ring is 1. The first-order chi connectivity index (χ1) is 8.49. The van der Waals surface area contributed by atoms with Gasteiger partial charge in [-0.05, 0) is 31.0 Å². The number of rotatable bonds is 4. The van der Waals surface area contributed by atoms with Gasteiger partial charge in [-0.3, -0.25) is 0 Å². The quantitative estimate of drug-likeness (QED) is 0.798. The van der Waals surface area contributed by atoms with Gasteiger partial charge in [0.25, 0.3) is 0 Å². The van der Waals surface area contributed by atoms with Crippen LogP contribution in [0.25, 0.3) is 0 Å². The van der Waals surface area contributed by atoms with Crippen molar-refractivity contribution in [3.63, 3.8) is 0 Å². The van der Waals surface area contributed by atoms with E-state index in [1.165, 1.54) is 6.07 Å². The summed E-state index contributed by atoms with van der Waals surface area (Å²) in [6.45, 7) is 0.787. The molecule has 0 saturated carbocycles. The van der Waals surface area contributed by atoms with Crippen molar-refractivity contribution in [2.45, 2.75) is 23.8 Å². The molecule has 0 spiro atoms. The molecule has 1 aromatic rings. The fourth-order valence-electron chi connectivity index (χ4n) is 1.81. The van der Waals surface area contributed by atoms with Crippen LogP contribution >= 0.6 is 0 Å². The third-order valence-electron chi connectivity index (χ3n) is 2.77. The summed E-state index contributed by atoms with van der Waals surface area (Å²) in [5.41, 5.74) is 5.66. The molecule has 0 bridgehead atoms. The second-order valence-electron chi connectivity index (χ2n) is 4.18. The molecule has 1 aliphatic heterocycles. The molecule has 1 fully saturated rings. The highest BCUT2D eigenvalue weighted by Gasteiger charge is 2.22. The van der Waals surface area contributed by atoms with E-state index in [-0.39, 0.29) is 18.3 Å². The number of hydrogen-bond donors (Lipinski definition) is 2. The Balaban J connectivity index is 2.12. The maximum absolute atomic E-state index is 13.5. The minimum absolute atomic E-state index is 0.135. The Labute approximate surface area is 105 Å². The predicted octanol–water partition coefficient (Wildman–Crippen LogP) is 0.865. The van der Waals surface area contributed by atoms with Crippen molar-refractivity contribution in [1.82, 2.24) is 4.72 Å². The fraction of sp³-hybridized carbons (Fsp3) is 0.455. The second-order valence-corrected chi connectivity index (χ2v) is 5.91. The van der Waals surface area contributed by atoms with Crippen LogP contribution in [0.3, 0.4) is 0 Å². The second kappa shape index (κ2) is 5.21. The summed E-state index contributed by atoms with van der Waals surface area (Å²) >= 11 is 0. The van der Waals surface area contributed by atoms with Crippen LogP contribution in [-0.4, -0.2) is 27.7 Å². The minimum atomic E-state index is -3.89. The number of halogens is 1. The van der Waals surface area contributed by atoms with Crippen LogP contribution < -0.4 is 10.5 Å². The summed E-state index contributed by atoms with van der Waals surface area (Å²) in [5, 5.41) is 0. The van der Waals surface area contributed by atoms with Crippen molar-refractivity contribution in [1.29, 1.82) is 0 Å². The normalized spacial score (nSPS) is 20.2. The maximum atomic E-state index is 13.5. The number of ether oxygens (including phenoxy) is 1. The molecule has 0 aromatic heterocycles. The lowest BCUT2D eigenvalue weighted by Gasteiger charge is -2.12. The van der Waals surface area contributed by atoms with Crippen molar-refractivity contribution < 1.29 is 17.5 Å². The number of nitrogens with one attached hydrogen (secondary N) is 1. The molecule has 5 nitrogen and oxygen atoms in total. The van der Waals surface area contributed by atoms with Gasteiger partial charge < -0.3 is 10.5 Å². The molecule has 1 aliphatic rings. The predicted molar refractivity (Wildman–Crippen MR) is 65.0 cm³/mol. The van der Waals surface area contributed by atoms with Crippen LogP contribution in [0.2, 0.25) is 0 Å². The Morgan fingerprint density at radius 2 is 2.28 bits per heavy atom. The monoisotopic (exact) mass is 274 g/mol. The molecular weight excluding hydrogens is 259 g/mol. The summed E-state index contributed by atoms with van der Waals surface area (Å²) in [6.07, 6.45) is 1.59. The zero-order valence-electron chi connectivity index (χ0n) is 9.73. The average Bonchev–Trinajstić information content (AvgIpc) is 2.83. The smallest absolute Gasteiger partial charge is 0.243 e. The Morgan fingerprint density at radius 1 is 1.50 bits per heavy atom. The Hall–Kier alpha value is -1.18.